The first-order valence-electron chi connectivity index (χ1n) is 8.75. The number of ether oxygens (including phenoxy) is 2. The van der Waals surface area contributed by atoms with Crippen molar-refractivity contribution < 1.29 is 18.7 Å². The minimum atomic E-state index is -0.180. The summed E-state index contributed by atoms with van der Waals surface area (Å²) in [6.45, 7) is 0.206. The molecule has 7 nitrogen and oxygen atoms in total. The Balaban J connectivity index is 1.32. The summed E-state index contributed by atoms with van der Waals surface area (Å²) in [5.74, 6) is 2.08. The third-order valence-corrected chi connectivity index (χ3v) is 4.37. The fourth-order valence-electron chi connectivity index (χ4n) is 3.05. The van der Waals surface area contributed by atoms with E-state index in [9.17, 15) is 4.79 Å². The van der Waals surface area contributed by atoms with Crippen molar-refractivity contribution in [1.29, 1.82) is 0 Å². The number of fused-ring (bicyclic) bond motifs is 2. The number of amides is 1. The second-order valence-corrected chi connectivity index (χ2v) is 6.33. The fraction of sp³-hybridized carbons (Fsp3) is 0.0952. The van der Waals surface area contributed by atoms with Crippen LogP contribution in [-0.2, 0) is 11.2 Å². The van der Waals surface area contributed by atoms with Crippen LogP contribution < -0.4 is 14.8 Å². The summed E-state index contributed by atoms with van der Waals surface area (Å²) >= 11 is 0. The normalized spacial score (nSPS) is 12.3. The lowest BCUT2D eigenvalue weighted by molar-refractivity contribution is -0.115. The molecule has 2 aromatic carbocycles. The second-order valence-electron chi connectivity index (χ2n) is 6.33. The largest absolute Gasteiger partial charge is 0.454 e. The number of anilines is 1. The maximum atomic E-state index is 12.4. The molecule has 7 heteroatoms. The standard InChI is InChI=1S/C21H15N3O4/c25-20(10-13-5-6-17-18(9-13)27-12-26-17)24-19-11-14(7-8-22-19)21-23-15-3-1-2-4-16(15)28-21/h1-9,11H,10,12H2,(H,22,24,25). The highest BCUT2D eigenvalue weighted by atomic mass is 16.7. The lowest BCUT2D eigenvalue weighted by Gasteiger charge is -2.06. The molecule has 4 aromatic rings. The van der Waals surface area contributed by atoms with Gasteiger partial charge in [-0.05, 0) is 42.0 Å². The lowest BCUT2D eigenvalue weighted by Crippen LogP contribution is -2.15. The van der Waals surface area contributed by atoms with Gasteiger partial charge in [-0.2, -0.15) is 0 Å². The Morgan fingerprint density at radius 1 is 1.04 bits per heavy atom. The van der Waals surface area contributed by atoms with Crippen LogP contribution in [0.1, 0.15) is 5.56 Å². The van der Waals surface area contributed by atoms with Crippen LogP contribution in [0, 0.1) is 0 Å². The van der Waals surface area contributed by atoms with E-state index in [1.807, 2.05) is 36.4 Å². The summed E-state index contributed by atoms with van der Waals surface area (Å²) < 4.78 is 16.4. The minimum Gasteiger partial charge on any atom is -0.454 e. The highest BCUT2D eigenvalue weighted by Crippen LogP contribution is 2.32. The zero-order valence-corrected chi connectivity index (χ0v) is 14.7. The van der Waals surface area contributed by atoms with Gasteiger partial charge in [0.05, 0.1) is 6.42 Å². The molecule has 0 aliphatic carbocycles. The third-order valence-electron chi connectivity index (χ3n) is 4.37. The van der Waals surface area contributed by atoms with Crippen molar-refractivity contribution >= 4 is 22.8 Å². The predicted molar refractivity (Wildman–Crippen MR) is 102 cm³/mol. The van der Waals surface area contributed by atoms with E-state index in [-0.39, 0.29) is 19.1 Å². The van der Waals surface area contributed by atoms with Crippen LogP contribution >= 0.6 is 0 Å². The van der Waals surface area contributed by atoms with Crippen molar-refractivity contribution in [3.05, 3.63) is 66.4 Å². The van der Waals surface area contributed by atoms with Crippen LogP contribution in [0.4, 0.5) is 5.82 Å². The molecule has 1 aliphatic heterocycles. The van der Waals surface area contributed by atoms with Crippen molar-refractivity contribution in [2.24, 2.45) is 0 Å². The first kappa shape index (κ1) is 16.3. The zero-order valence-electron chi connectivity index (χ0n) is 14.7. The molecule has 0 unspecified atom stereocenters. The van der Waals surface area contributed by atoms with Gasteiger partial charge in [0.2, 0.25) is 18.6 Å². The van der Waals surface area contributed by atoms with Gasteiger partial charge in [0.15, 0.2) is 17.1 Å². The minimum absolute atomic E-state index is 0.180. The average molecular weight is 373 g/mol. The van der Waals surface area contributed by atoms with E-state index in [2.05, 4.69) is 15.3 Å². The highest BCUT2D eigenvalue weighted by molar-refractivity contribution is 5.92. The summed E-state index contributed by atoms with van der Waals surface area (Å²) in [5, 5.41) is 2.81. The molecule has 0 saturated heterocycles. The molecule has 1 aliphatic rings. The molecular weight excluding hydrogens is 358 g/mol. The molecule has 138 valence electrons. The lowest BCUT2D eigenvalue weighted by atomic mass is 10.1. The van der Waals surface area contributed by atoms with Crippen molar-refractivity contribution in [1.82, 2.24) is 9.97 Å². The summed E-state index contributed by atoms with van der Waals surface area (Å²) in [4.78, 5) is 21.1. The fourth-order valence-corrected chi connectivity index (χ4v) is 3.05. The molecule has 2 aromatic heterocycles. The molecule has 0 spiro atoms. The molecule has 1 amide bonds. The summed E-state index contributed by atoms with van der Waals surface area (Å²) in [6.07, 6.45) is 1.81. The Bertz CT molecular complexity index is 1150. The van der Waals surface area contributed by atoms with Crippen LogP contribution in [0.3, 0.4) is 0 Å². The van der Waals surface area contributed by atoms with E-state index < -0.39 is 0 Å². The molecule has 0 saturated carbocycles. The maximum absolute atomic E-state index is 12.4. The van der Waals surface area contributed by atoms with E-state index in [0.717, 1.165) is 16.6 Å². The van der Waals surface area contributed by atoms with Crippen molar-refractivity contribution in [2.75, 3.05) is 12.1 Å². The zero-order chi connectivity index (χ0) is 18.9. The van der Waals surface area contributed by atoms with Crippen LogP contribution in [0.15, 0.2) is 65.2 Å². The molecule has 0 atom stereocenters. The van der Waals surface area contributed by atoms with Gasteiger partial charge in [-0.3, -0.25) is 4.79 Å². The molecular formula is C21H15N3O4. The second kappa shape index (κ2) is 6.70. The van der Waals surface area contributed by atoms with E-state index in [4.69, 9.17) is 13.9 Å². The Morgan fingerprint density at radius 3 is 2.86 bits per heavy atom. The number of hydrogen-bond donors (Lipinski definition) is 1. The average Bonchev–Trinajstić information content (AvgIpc) is 3.34. The van der Waals surface area contributed by atoms with Crippen molar-refractivity contribution in [3.63, 3.8) is 0 Å². The summed E-state index contributed by atoms with van der Waals surface area (Å²) in [5.41, 5.74) is 3.06. The Labute approximate surface area is 159 Å². The number of carbonyl (C=O) groups is 1. The Kier molecular flexibility index (Phi) is 3.90. The molecule has 28 heavy (non-hydrogen) atoms. The number of hydrogen-bond acceptors (Lipinski definition) is 6. The molecule has 0 radical (unpaired) electrons. The summed E-state index contributed by atoms with van der Waals surface area (Å²) in [6, 6.07) is 16.5. The number of pyridine rings is 1. The number of nitrogens with one attached hydrogen (secondary N) is 1. The van der Waals surface area contributed by atoms with Gasteiger partial charge in [0, 0.05) is 11.8 Å². The van der Waals surface area contributed by atoms with Gasteiger partial charge in [-0.25, -0.2) is 9.97 Å². The molecule has 0 fully saturated rings. The molecule has 5 rings (SSSR count). The monoisotopic (exact) mass is 373 g/mol. The van der Waals surface area contributed by atoms with Crippen LogP contribution in [0.2, 0.25) is 0 Å². The van der Waals surface area contributed by atoms with Gasteiger partial charge in [0.1, 0.15) is 11.3 Å². The highest BCUT2D eigenvalue weighted by Gasteiger charge is 2.15. The van der Waals surface area contributed by atoms with Gasteiger partial charge in [-0.15, -0.1) is 0 Å². The van der Waals surface area contributed by atoms with Crippen LogP contribution in [0.5, 0.6) is 11.5 Å². The number of rotatable bonds is 4. The SMILES string of the molecule is O=C(Cc1ccc2c(c1)OCO2)Nc1cc(-c2nc3ccccc3o2)ccn1. The van der Waals surface area contributed by atoms with Crippen LogP contribution in [-0.4, -0.2) is 22.7 Å². The molecule has 3 heterocycles. The topological polar surface area (TPSA) is 86.5 Å². The maximum Gasteiger partial charge on any atom is 0.231 e. The van der Waals surface area contributed by atoms with Crippen molar-refractivity contribution in [2.45, 2.75) is 6.42 Å². The number of para-hydroxylation sites is 2. The Hall–Kier alpha value is -3.87. The molecule has 0 bridgehead atoms. The first-order chi connectivity index (χ1) is 13.7. The van der Waals surface area contributed by atoms with Crippen molar-refractivity contribution in [3.8, 4) is 23.0 Å². The van der Waals surface area contributed by atoms with E-state index in [0.29, 0.717) is 28.8 Å². The van der Waals surface area contributed by atoms with Gasteiger partial charge >= 0.3 is 0 Å². The number of benzene rings is 2. The number of aromatic nitrogens is 2. The van der Waals surface area contributed by atoms with Crippen LogP contribution in [0.25, 0.3) is 22.6 Å². The first-order valence-corrected chi connectivity index (χ1v) is 8.75. The van der Waals surface area contributed by atoms with E-state index >= 15 is 0 Å². The van der Waals surface area contributed by atoms with Gasteiger partial charge < -0.3 is 19.2 Å². The third kappa shape index (κ3) is 3.14. The molecule has 1 N–H and O–H groups in total. The quantitative estimate of drug-likeness (QED) is 0.586. The van der Waals surface area contributed by atoms with E-state index in [1.54, 1.807) is 24.4 Å². The number of oxazole rings is 1. The smallest absolute Gasteiger partial charge is 0.231 e. The predicted octanol–water partition coefficient (Wildman–Crippen LogP) is 3.80. The number of nitrogens with zero attached hydrogens (tertiary/aromatic N) is 2. The summed E-state index contributed by atoms with van der Waals surface area (Å²) in [7, 11) is 0. The van der Waals surface area contributed by atoms with E-state index in [1.165, 1.54) is 0 Å². The number of carbonyl (C=O) groups excluding carboxylic acids is 1. The van der Waals surface area contributed by atoms with Gasteiger partial charge in [-0.1, -0.05) is 18.2 Å². The Morgan fingerprint density at radius 2 is 1.93 bits per heavy atom. The van der Waals surface area contributed by atoms with Gasteiger partial charge in [0.25, 0.3) is 0 Å².